The molecule has 0 aliphatic carbocycles. The number of hydrogen-bond acceptors (Lipinski definition) is 4. The molecule has 2 amide bonds. The van der Waals surface area contributed by atoms with E-state index >= 15 is 0 Å². The van der Waals surface area contributed by atoms with E-state index in [4.69, 9.17) is 4.52 Å². The Bertz CT molecular complexity index is 656. The minimum Gasteiger partial charge on any atom is -0.368 e. The number of para-hydroxylation sites is 1. The Kier molecular flexibility index (Phi) is 4.50. The summed E-state index contributed by atoms with van der Waals surface area (Å²) in [4.78, 5) is 16.7. The molecule has 2 heterocycles. The Morgan fingerprint density at radius 1 is 1.35 bits per heavy atom. The van der Waals surface area contributed by atoms with Gasteiger partial charge in [-0.1, -0.05) is 30.3 Å². The number of aryl methyl sites for hydroxylation is 1. The van der Waals surface area contributed by atoms with Crippen LogP contribution in [-0.2, 0) is 0 Å². The first kappa shape index (κ1) is 15.4. The van der Waals surface area contributed by atoms with E-state index in [2.05, 4.69) is 34.4 Å². The maximum absolute atomic E-state index is 12.5. The molecule has 23 heavy (non-hydrogen) atoms. The monoisotopic (exact) mass is 314 g/mol. The van der Waals surface area contributed by atoms with Crippen molar-refractivity contribution < 1.29 is 9.32 Å². The number of hydrogen-bond donors (Lipinski definition) is 1. The highest BCUT2D eigenvalue weighted by atomic mass is 16.5. The van der Waals surface area contributed by atoms with E-state index in [1.165, 1.54) is 5.69 Å². The molecule has 2 aromatic rings. The van der Waals surface area contributed by atoms with Crippen LogP contribution in [0.5, 0.6) is 0 Å². The minimum absolute atomic E-state index is 0.124. The predicted molar refractivity (Wildman–Crippen MR) is 89.7 cm³/mol. The average molecular weight is 314 g/mol. The van der Waals surface area contributed by atoms with Crippen molar-refractivity contribution in [2.75, 3.05) is 29.9 Å². The number of benzene rings is 1. The first-order valence-electron chi connectivity index (χ1n) is 7.98. The molecule has 0 saturated carbocycles. The first-order chi connectivity index (χ1) is 11.2. The summed E-state index contributed by atoms with van der Waals surface area (Å²) in [6.45, 7) is 6.28. The molecule has 0 bridgehead atoms. The predicted octanol–water partition coefficient (Wildman–Crippen LogP) is 3.12. The number of rotatable bonds is 3. The molecule has 0 spiro atoms. The molecule has 1 fully saturated rings. The Hall–Kier alpha value is -2.50. The fraction of sp³-hybridized carbons (Fsp3) is 0.412. The Balaban J connectivity index is 1.66. The number of carbonyl (C=O) groups is 1. The second-order valence-electron chi connectivity index (χ2n) is 5.80. The molecular formula is C17H22N4O2. The third kappa shape index (κ3) is 3.47. The molecule has 1 aromatic carbocycles. The molecular weight excluding hydrogens is 292 g/mol. The van der Waals surface area contributed by atoms with Gasteiger partial charge < -0.3 is 14.3 Å². The van der Waals surface area contributed by atoms with Crippen molar-refractivity contribution in [2.45, 2.75) is 26.3 Å². The van der Waals surface area contributed by atoms with Crippen LogP contribution in [0.4, 0.5) is 16.4 Å². The number of carbonyl (C=O) groups excluding carboxylic acids is 1. The minimum atomic E-state index is -0.124. The Morgan fingerprint density at radius 2 is 2.13 bits per heavy atom. The summed E-state index contributed by atoms with van der Waals surface area (Å²) in [6, 6.07) is 12.1. The quantitative estimate of drug-likeness (QED) is 0.945. The summed E-state index contributed by atoms with van der Waals surface area (Å²) in [5.41, 5.74) is 1.96. The Morgan fingerprint density at radius 3 is 2.78 bits per heavy atom. The third-order valence-electron chi connectivity index (χ3n) is 4.19. The summed E-state index contributed by atoms with van der Waals surface area (Å²) in [5, 5.41) is 6.58. The van der Waals surface area contributed by atoms with E-state index in [0.717, 1.165) is 25.2 Å². The molecule has 1 saturated heterocycles. The van der Waals surface area contributed by atoms with Crippen LogP contribution in [0.1, 0.15) is 19.0 Å². The maximum atomic E-state index is 12.5. The van der Waals surface area contributed by atoms with Crippen LogP contribution in [0.2, 0.25) is 0 Å². The lowest BCUT2D eigenvalue weighted by atomic mass is 10.1. The largest absolute Gasteiger partial charge is 0.368 e. The van der Waals surface area contributed by atoms with Crippen molar-refractivity contribution in [1.29, 1.82) is 0 Å². The smallest absolute Gasteiger partial charge is 0.324 e. The van der Waals surface area contributed by atoms with Crippen molar-refractivity contribution in [2.24, 2.45) is 0 Å². The summed E-state index contributed by atoms with van der Waals surface area (Å²) < 4.78 is 5.07. The van der Waals surface area contributed by atoms with Crippen molar-refractivity contribution in [3.63, 3.8) is 0 Å². The van der Waals surface area contributed by atoms with Gasteiger partial charge in [0.2, 0.25) is 5.88 Å². The third-order valence-corrected chi connectivity index (χ3v) is 4.19. The second-order valence-corrected chi connectivity index (χ2v) is 5.80. The van der Waals surface area contributed by atoms with Crippen LogP contribution in [0.15, 0.2) is 40.9 Å². The maximum Gasteiger partial charge on any atom is 0.324 e. The fourth-order valence-electron chi connectivity index (χ4n) is 2.95. The lowest BCUT2D eigenvalue weighted by molar-refractivity contribution is 0.176. The van der Waals surface area contributed by atoms with Gasteiger partial charge in [0.15, 0.2) is 0 Å². The molecule has 6 heteroatoms. The summed E-state index contributed by atoms with van der Waals surface area (Å²) in [7, 11) is 0. The zero-order chi connectivity index (χ0) is 16.2. The van der Waals surface area contributed by atoms with Crippen LogP contribution >= 0.6 is 0 Å². The van der Waals surface area contributed by atoms with Gasteiger partial charge in [0.1, 0.15) is 0 Å². The Labute approximate surface area is 136 Å². The van der Waals surface area contributed by atoms with Crippen molar-refractivity contribution in [3.8, 4) is 0 Å². The molecule has 1 aromatic heterocycles. The number of piperazine rings is 1. The van der Waals surface area contributed by atoms with E-state index in [-0.39, 0.29) is 12.1 Å². The molecule has 1 aliphatic rings. The number of nitrogens with zero attached hydrogens (tertiary/aromatic N) is 3. The molecule has 122 valence electrons. The fourth-order valence-corrected chi connectivity index (χ4v) is 2.95. The van der Waals surface area contributed by atoms with Gasteiger partial charge in [0, 0.05) is 31.4 Å². The molecule has 6 nitrogen and oxygen atoms in total. The number of amides is 2. The van der Waals surface area contributed by atoms with Crippen LogP contribution in [0.3, 0.4) is 0 Å². The SMILES string of the molecule is CCC1CN(c2ccccc2)CCN1C(=O)Nc1cc(C)no1. The van der Waals surface area contributed by atoms with E-state index < -0.39 is 0 Å². The zero-order valence-electron chi connectivity index (χ0n) is 13.5. The number of urea groups is 1. The second kappa shape index (κ2) is 6.73. The van der Waals surface area contributed by atoms with E-state index in [9.17, 15) is 4.79 Å². The van der Waals surface area contributed by atoms with Gasteiger partial charge in [-0.2, -0.15) is 0 Å². The van der Waals surface area contributed by atoms with Crippen molar-refractivity contribution in [3.05, 3.63) is 42.1 Å². The highest BCUT2D eigenvalue weighted by Crippen LogP contribution is 2.21. The molecule has 1 N–H and O–H groups in total. The van der Waals surface area contributed by atoms with E-state index in [1.54, 1.807) is 6.07 Å². The van der Waals surface area contributed by atoms with Gasteiger partial charge in [-0.15, -0.1) is 0 Å². The van der Waals surface area contributed by atoms with Gasteiger partial charge in [0.25, 0.3) is 0 Å². The van der Waals surface area contributed by atoms with Gasteiger partial charge in [-0.05, 0) is 25.5 Å². The average Bonchev–Trinajstić information content (AvgIpc) is 3.00. The summed E-state index contributed by atoms with van der Waals surface area (Å²) >= 11 is 0. The number of aromatic nitrogens is 1. The van der Waals surface area contributed by atoms with Gasteiger partial charge in [-0.3, -0.25) is 5.32 Å². The molecule has 0 radical (unpaired) electrons. The normalized spacial score (nSPS) is 18.1. The standard InChI is InChI=1S/C17H22N4O2/c1-3-14-12-20(15-7-5-4-6-8-15)9-10-21(14)17(22)18-16-11-13(2)19-23-16/h4-8,11,14H,3,9-10,12H2,1-2H3,(H,18,22). The van der Waals surface area contributed by atoms with Crippen molar-refractivity contribution >= 4 is 17.6 Å². The summed E-state index contributed by atoms with van der Waals surface area (Å²) in [5.74, 6) is 0.396. The molecule has 1 aliphatic heterocycles. The van der Waals surface area contributed by atoms with Crippen LogP contribution in [0, 0.1) is 6.92 Å². The van der Waals surface area contributed by atoms with Crippen LogP contribution < -0.4 is 10.2 Å². The lowest BCUT2D eigenvalue weighted by Crippen LogP contribution is -2.56. The molecule has 3 rings (SSSR count). The van der Waals surface area contributed by atoms with Crippen molar-refractivity contribution in [1.82, 2.24) is 10.1 Å². The highest BCUT2D eigenvalue weighted by molar-refractivity contribution is 5.88. The van der Waals surface area contributed by atoms with Crippen LogP contribution in [-0.4, -0.2) is 41.8 Å². The van der Waals surface area contributed by atoms with E-state index in [0.29, 0.717) is 12.4 Å². The number of nitrogens with one attached hydrogen (secondary N) is 1. The van der Waals surface area contributed by atoms with Crippen LogP contribution in [0.25, 0.3) is 0 Å². The topological polar surface area (TPSA) is 61.6 Å². The summed E-state index contributed by atoms with van der Waals surface area (Å²) in [6.07, 6.45) is 0.909. The molecule has 1 unspecified atom stereocenters. The van der Waals surface area contributed by atoms with Gasteiger partial charge >= 0.3 is 6.03 Å². The number of anilines is 2. The molecule has 1 atom stereocenters. The van der Waals surface area contributed by atoms with Gasteiger partial charge in [0.05, 0.1) is 11.7 Å². The lowest BCUT2D eigenvalue weighted by Gasteiger charge is -2.42. The highest BCUT2D eigenvalue weighted by Gasteiger charge is 2.29. The first-order valence-corrected chi connectivity index (χ1v) is 7.98. The van der Waals surface area contributed by atoms with E-state index in [1.807, 2.05) is 30.0 Å². The zero-order valence-corrected chi connectivity index (χ0v) is 13.5. The van der Waals surface area contributed by atoms with Gasteiger partial charge in [-0.25, -0.2) is 4.79 Å².